The second kappa shape index (κ2) is 9.94. The molecule has 4 aromatic carbocycles. The Balaban J connectivity index is 1.55. The van der Waals surface area contributed by atoms with E-state index >= 15 is 0 Å². The number of para-hydroxylation sites is 3. The number of nitrogens with one attached hydrogen (secondary N) is 1. The largest absolute Gasteiger partial charge is 0.573 e. The van der Waals surface area contributed by atoms with Gasteiger partial charge in [0.2, 0.25) is 0 Å². The van der Waals surface area contributed by atoms with Crippen LogP contribution >= 0.6 is 0 Å². The molecule has 38 heavy (non-hydrogen) atoms. The van der Waals surface area contributed by atoms with E-state index in [0.29, 0.717) is 5.69 Å². The molecule has 196 valence electrons. The summed E-state index contributed by atoms with van der Waals surface area (Å²) in [6, 6.07) is 25.6. The molecule has 0 aromatic heterocycles. The van der Waals surface area contributed by atoms with Crippen LogP contribution < -0.4 is 14.4 Å². The number of phenols is 1. The predicted octanol–water partition coefficient (Wildman–Crippen LogP) is 7.34. The highest BCUT2D eigenvalue weighted by Crippen LogP contribution is 2.47. The van der Waals surface area contributed by atoms with E-state index in [1.807, 2.05) is 41.3 Å². The minimum atomic E-state index is -4.84. The smallest absolute Gasteiger partial charge is 0.504 e. The molecule has 5 rings (SSSR count). The van der Waals surface area contributed by atoms with Crippen LogP contribution in [0.25, 0.3) is 0 Å². The zero-order valence-electron chi connectivity index (χ0n) is 20.3. The number of hydrogen-bond donors (Lipinski definition) is 2. The van der Waals surface area contributed by atoms with Gasteiger partial charge in [-0.1, -0.05) is 42.5 Å². The predicted molar refractivity (Wildman–Crippen MR) is 142 cm³/mol. The molecule has 1 atom stereocenters. The van der Waals surface area contributed by atoms with Crippen molar-refractivity contribution in [1.29, 1.82) is 0 Å². The summed E-state index contributed by atoms with van der Waals surface area (Å²) in [5.74, 6) is -0.588. The summed E-state index contributed by atoms with van der Waals surface area (Å²) in [4.78, 5) is 2.11. The summed E-state index contributed by atoms with van der Waals surface area (Å²) in [6.45, 7) is 0. The number of ether oxygens (including phenoxy) is 1. The number of alkyl halides is 3. The maximum atomic E-state index is 13.7. The van der Waals surface area contributed by atoms with Crippen molar-refractivity contribution >= 4 is 32.7 Å². The molecule has 1 unspecified atom stereocenters. The molecule has 0 saturated carbocycles. The van der Waals surface area contributed by atoms with Gasteiger partial charge in [-0.15, -0.1) is 13.2 Å². The molecule has 1 aliphatic heterocycles. The van der Waals surface area contributed by atoms with E-state index in [1.165, 1.54) is 19.2 Å². The standard InChI is InChI=1S/C28H24F3N3O3S/c1-32-38(36,22-17-15-21(16-18-22)37-28(29,30)31)33-23-9-6-12-26(27(23)35)34-24-10-4-2-7-19(24)13-14-20-8-3-5-11-25(20)34/h2-12,15-18,35H,13-14H2,1H3,(H,32,33,36). The van der Waals surface area contributed by atoms with E-state index < -0.39 is 22.0 Å². The van der Waals surface area contributed by atoms with Gasteiger partial charge in [0.1, 0.15) is 5.75 Å². The number of phenolic OH excluding ortho intramolecular Hbond substituents is 1. The van der Waals surface area contributed by atoms with Crippen molar-refractivity contribution in [2.24, 2.45) is 4.36 Å². The zero-order chi connectivity index (χ0) is 26.9. The SMILES string of the molecule is CN=S(=O)(Nc1cccc(N2c3ccccc3CCc3ccccc32)c1O)c1ccc(OC(F)(F)F)cc1. The third-order valence-corrected chi connectivity index (χ3v) is 8.19. The fourth-order valence-corrected chi connectivity index (χ4v) is 5.91. The number of benzene rings is 4. The van der Waals surface area contributed by atoms with Gasteiger partial charge >= 0.3 is 6.36 Å². The first-order valence-electron chi connectivity index (χ1n) is 11.8. The van der Waals surface area contributed by atoms with Crippen LogP contribution in [-0.4, -0.2) is 22.7 Å². The second-order valence-electron chi connectivity index (χ2n) is 8.60. The topological polar surface area (TPSA) is 74.2 Å². The third kappa shape index (κ3) is 4.99. The van der Waals surface area contributed by atoms with Gasteiger partial charge in [-0.2, -0.15) is 0 Å². The van der Waals surface area contributed by atoms with Crippen molar-refractivity contribution in [1.82, 2.24) is 0 Å². The number of fused-ring (bicyclic) bond motifs is 2. The van der Waals surface area contributed by atoms with Gasteiger partial charge in [0.25, 0.3) is 0 Å². The quantitative estimate of drug-likeness (QED) is 0.260. The summed E-state index contributed by atoms with van der Waals surface area (Å²) in [5.41, 5.74) is 4.72. The molecule has 6 nitrogen and oxygen atoms in total. The molecule has 1 heterocycles. The van der Waals surface area contributed by atoms with E-state index in [9.17, 15) is 22.5 Å². The van der Waals surface area contributed by atoms with E-state index in [1.54, 1.807) is 18.2 Å². The third-order valence-electron chi connectivity index (χ3n) is 6.27. The van der Waals surface area contributed by atoms with Crippen molar-refractivity contribution in [3.8, 4) is 11.5 Å². The van der Waals surface area contributed by atoms with Crippen molar-refractivity contribution in [3.63, 3.8) is 0 Å². The summed E-state index contributed by atoms with van der Waals surface area (Å²) < 4.78 is 62.1. The molecule has 4 aromatic rings. The van der Waals surface area contributed by atoms with Crippen molar-refractivity contribution in [2.75, 3.05) is 16.7 Å². The number of halogens is 3. The number of hydrogen-bond acceptors (Lipinski definition) is 5. The van der Waals surface area contributed by atoms with E-state index in [-0.39, 0.29) is 16.3 Å². The summed E-state index contributed by atoms with van der Waals surface area (Å²) in [6.07, 6.45) is -3.18. The molecule has 0 fully saturated rings. The molecule has 0 radical (unpaired) electrons. The average Bonchev–Trinajstić information content (AvgIpc) is 3.06. The van der Waals surface area contributed by atoms with Gasteiger partial charge < -0.3 is 14.7 Å². The van der Waals surface area contributed by atoms with Crippen LogP contribution in [0.4, 0.5) is 35.9 Å². The second-order valence-corrected chi connectivity index (χ2v) is 10.7. The molecule has 0 spiro atoms. The van der Waals surface area contributed by atoms with Gasteiger partial charge in [-0.25, -0.2) is 8.57 Å². The Morgan fingerprint density at radius 3 is 1.95 bits per heavy atom. The molecular weight excluding hydrogens is 515 g/mol. The Morgan fingerprint density at radius 1 is 0.842 bits per heavy atom. The van der Waals surface area contributed by atoms with Gasteiger partial charge in [-0.05, 0) is 72.5 Å². The fourth-order valence-electron chi connectivity index (χ4n) is 4.52. The lowest BCUT2D eigenvalue weighted by Gasteiger charge is -2.28. The van der Waals surface area contributed by atoms with Crippen molar-refractivity contribution < 1.29 is 27.2 Å². The average molecular weight is 540 g/mol. The highest BCUT2D eigenvalue weighted by atomic mass is 32.2. The monoisotopic (exact) mass is 539 g/mol. The van der Waals surface area contributed by atoms with Crippen LogP contribution in [0.5, 0.6) is 11.5 Å². The van der Waals surface area contributed by atoms with Crippen LogP contribution in [0.15, 0.2) is 100 Å². The number of aryl methyl sites for hydroxylation is 2. The first-order valence-corrected chi connectivity index (χ1v) is 13.3. The Kier molecular flexibility index (Phi) is 6.66. The number of aromatic hydroxyl groups is 1. The van der Waals surface area contributed by atoms with Gasteiger partial charge in [0.05, 0.1) is 16.3 Å². The molecule has 2 N–H and O–H groups in total. The minimum absolute atomic E-state index is 0.129. The molecule has 0 amide bonds. The summed E-state index contributed by atoms with van der Waals surface area (Å²) >= 11 is 0. The fraction of sp³-hybridized carbons (Fsp3) is 0.143. The lowest BCUT2D eigenvalue weighted by Crippen LogP contribution is -2.17. The first kappa shape index (κ1) is 25.5. The van der Waals surface area contributed by atoms with Crippen LogP contribution in [0.1, 0.15) is 11.1 Å². The molecule has 0 bridgehead atoms. The van der Waals surface area contributed by atoms with Crippen LogP contribution in [0.3, 0.4) is 0 Å². The minimum Gasteiger partial charge on any atom is -0.504 e. The lowest BCUT2D eigenvalue weighted by molar-refractivity contribution is -0.274. The Morgan fingerprint density at radius 2 is 1.39 bits per heavy atom. The van der Waals surface area contributed by atoms with E-state index in [4.69, 9.17) is 0 Å². The molecular formula is C28H24F3N3O3S. The summed E-state index contributed by atoms with van der Waals surface area (Å²) in [5, 5.41) is 11.4. The lowest BCUT2D eigenvalue weighted by atomic mass is 10.0. The van der Waals surface area contributed by atoms with Crippen molar-refractivity contribution in [2.45, 2.75) is 24.1 Å². The Hall–Kier alpha value is -4.18. The van der Waals surface area contributed by atoms with Crippen LogP contribution in [-0.2, 0) is 22.8 Å². The van der Waals surface area contributed by atoms with Gasteiger partial charge in [-0.3, -0.25) is 4.72 Å². The van der Waals surface area contributed by atoms with Crippen molar-refractivity contribution in [3.05, 3.63) is 102 Å². The number of nitrogens with zero attached hydrogens (tertiary/aromatic N) is 2. The van der Waals surface area contributed by atoms with Crippen LogP contribution in [0.2, 0.25) is 0 Å². The highest BCUT2D eigenvalue weighted by Gasteiger charge is 2.31. The maximum Gasteiger partial charge on any atom is 0.573 e. The number of anilines is 4. The van der Waals surface area contributed by atoms with Gasteiger partial charge in [0, 0.05) is 18.4 Å². The maximum absolute atomic E-state index is 13.7. The normalized spacial score (nSPS) is 14.5. The molecule has 1 aliphatic rings. The van der Waals surface area contributed by atoms with Crippen LogP contribution in [0, 0.1) is 0 Å². The van der Waals surface area contributed by atoms with E-state index in [0.717, 1.165) is 47.5 Å². The molecule has 0 aliphatic carbocycles. The first-order chi connectivity index (χ1) is 18.2. The Bertz CT molecular complexity index is 1550. The summed E-state index contributed by atoms with van der Waals surface area (Å²) in [7, 11) is -2.03. The zero-order valence-corrected chi connectivity index (χ0v) is 21.1. The number of rotatable bonds is 5. The van der Waals surface area contributed by atoms with Gasteiger partial charge in [0.15, 0.2) is 15.7 Å². The molecule has 10 heteroatoms. The Labute approximate surface area is 218 Å². The molecule has 0 saturated heterocycles. The van der Waals surface area contributed by atoms with E-state index in [2.05, 4.69) is 26.0 Å². The highest BCUT2D eigenvalue weighted by molar-refractivity contribution is 7.95.